The third-order valence-electron chi connectivity index (χ3n) is 3.79. The van der Waals surface area contributed by atoms with Gasteiger partial charge in [-0.05, 0) is 54.8 Å². The second kappa shape index (κ2) is 6.68. The molecule has 0 aromatic heterocycles. The number of halogens is 2. The largest absolute Gasteiger partial charge is 0.349 e. The van der Waals surface area contributed by atoms with Crippen molar-refractivity contribution in [1.82, 2.24) is 10.2 Å². The molecule has 1 aromatic carbocycles. The lowest BCUT2D eigenvalue weighted by atomic mass is 10.0. The standard InChI is InChI=1S/C15H20BrFN2O/c1-10(2)19-8-6-11(7-9-19)18-15(20)12-4-3-5-13(16)14(12)17/h3-5,10-11H,6-9H2,1-2H3,(H,18,20). The summed E-state index contributed by atoms with van der Waals surface area (Å²) in [5, 5.41) is 2.94. The zero-order chi connectivity index (χ0) is 14.7. The molecule has 0 spiro atoms. The molecule has 110 valence electrons. The Kier molecular flexibility index (Phi) is 5.16. The molecule has 1 fully saturated rings. The van der Waals surface area contributed by atoms with E-state index < -0.39 is 5.82 Å². The Balaban J connectivity index is 1.94. The lowest BCUT2D eigenvalue weighted by Crippen LogP contribution is -2.46. The molecule has 1 heterocycles. The first kappa shape index (κ1) is 15.4. The van der Waals surface area contributed by atoms with E-state index >= 15 is 0 Å². The van der Waals surface area contributed by atoms with Gasteiger partial charge in [-0.2, -0.15) is 0 Å². The molecule has 0 radical (unpaired) electrons. The number of amides is 1. The number of carbonyl (C=O) groups is 1. The van der Waals surface area contributed by atoms with E-state index in [0.717, 1.165) is 25.9 Å². The minimum absolute atomic E-state index is 0.102. The molecule has 1 saturated heterocycles. The normalized spacial score (nSPS) is 17.4. The highest BCUT2D eigenvalue weighted by Gasteiger charge is 2.23. The lowest BCUT2D eigenvalue weighted by Gasteiger charge is -2.34. The van der Waals surface area contributed by atoms with Crippen LogP contribution in [0.25, 0.3) is 0 Å². The van der Waals surface area contributed by atoms with Crippen LogP contribution < -0.4 is 5.32 Å². The molecule has 3 nitrogen and oxygen atoms in total. The molecule has 1 aliphatic heterocycles. The van der Waals surface area contributed by atoms with Gasteiger partial charge in [-0.3, -0.25) is 4.79 Å². The third-order valence-corrected chi connectivity index (χ3v) is 4.40. The quantitative estimate of drug-likeness (QED) is 0.914. The first-order chi connectivity index (χ1) is 9.49. The van der Waals surface area contributed by atoms with Gasteiger partial charge < -0.3 is 10.2 Å². The zero-order valence-electron chi connectivity index (χ0n) is 11.8. The van der Waals surface area contributed by atoms with Gasteiger partial charge in [0.1, 0.15) is 5.82 Å². The van der Waals surface area contributed by atoms with Gasteiger partial charge in [0.05, 0.1) is 10.0 Å². The van der Waals surface area contributed by atoms with E-state index in [2.05, 4.69) is 40.0 Å². The van der Waals surface area contributed by atoms with Crippen LogP contribution in [0.2, 0.25) is 0 Å². The molecule has 5 heteroatoms. The van der Waals surface area contributed by atoms with Crippen molar-refractivity contribution < 1.29 is 9.18 Å². The number of nitrogens with one attached hydrogen (secondary N) is 1. The predicted molar refractivity (Wildman–Crippen MR) is 81.3 cm³/mol. The van der Waals surface area contributed by atoms with Crippen molar-refractivity contribution in [2.45, 2.75) is 38.8 Å². The number of piperidine rings is 1. The Morgan fingerprint density at radius 2 is 2.05 bits per heavy atom. The van der Waals surface area contributed by atoms with Crippen LogP contribution in [0.5, 0.6) is 0 Å². The van der Waals surface area contributed by atoms with Crippen molar-refractivity contribution in [3.05, 3.63) is 34.1 Å². The first-order valence-corrected chi connectivity index (χ1v) is 7.77. The maximum Gasteiger partial charge on any atom is 0.254 e. The van der Waals surface area contributed by atoms with Gasteiger partial charge in [-0.15, -0.1) is 0 Å². The Bertz CT molecular complexity index is 485. The number of hydrogen-bond acceptors (Lipinski definition) is 2. The summed E-state index contributed by atoms with van der Waals surface area (Å²) in [5.74, 6) is -0.823. The van der Waals surface area contributed by atoms with Crippen LogP contribution in [-0.2, 0) is 0 Å². The molecule has 0 saturated carbocycles. The van der Waals surface area contributed by atoms with E-state index in [4.69, 9.17) is 0 Å². The molecule has 0 aliphatic carbocycles. The molecule has 2 rings (SSSR count). The zero-order valence-corrected chi connectivity index (χ0v) is 13.4. The summed E-state index contributed by atoms with van der Waals surface area (Å²) < 4.78 is 14.2. The lowest BCUT2D eigenvalue weighted by molar-refractivity contribution is 0.0896. The van der Waals surface area contributed by atoms with E-state index in [-0.39, 0.29) is 17.5 Å². The summed E-state index contributed by atoms with van der Waals surface area (Å²) in [6.45, 7) is 6.30. The van der Waals surface area contributed by atoms with Crippen LogP contribution in [0.4, 0.5) is 4.39 Å². The van der Waals surface area contributed by atoms with Gasteiger partial charge >= 0.3 is 0 Å². The van der Waals surface area contributed by atoms with Crippen LogP contribution in [0.15, 0.2) is 22.7 Å². The van der Waals surface area contributed by atoms with Crippen LogP contribution in [0.3, 0.4) is 0 Å². The fraction of sp³-hybridized carbons (Fsp3) is 0.533. The van der Waals surface area contributed by atoms with Crippen molar-refractivity contribution in [2.75, 3.05) is 13.1 Å². The van der Waals surface area contributed by atoms with Gasteiger partial charge in [0, 0.05) is 25.2 Å². The second-order valence-electron chi connectivity index (χ2n) is 5.48. The van der Waals surface area contributed by atoms with E-state index in [1.54, 1.807) is 12.1 Å². The van der Waals surface area contributed by atoms with Gasteiger partial charge in [-0.1, -0.05) is 6.07 Å². The number of likely N-dealkylation sites (tertiary alicyclic amines) is 1. The van der Waals surface area contributed by atoms with Gasteiger partial charge in [0.2, 0.25) is 0 Å². The summed E-state index contributed by atoms with van der Waals surface area (Å²) in [7, 11) is 0. The highest BCUT2D eigenvalue weighted by Crippen LogP contribution is 2.19. The molecule has 1 N–H and O–H groups in total. The average Bonchev–Trinajstić information content (AvgIpc) is 2.42. The molecule has 0 atom stereocenters. The molecule has 1 aromatic rings. The number of rotatable bonds is 3. The monoisotopic (exact) mass is 342 g/mol. The minimum Gasteiger partial charge on any atom is -0.349 e. The first-order valence-electron chi connectivity index (χ1n) is 6.98. The van der Waals surface area contributed by atoms with Gasteiger partial charge in [0.15, 0.2) is 0 Å². The van der Waals surface area contributed by atoms with Crippen molar-refractivity contribution >= 4 is 21.8 Å². The van der Waals surface area contributed by atoms with Crippen LogP contribution in [0, 0.1) is 5.82 Å². The van der Waals surface area contributed by atoms with Crippen molar-refractivity contribution in [3.8, 4) is 0 Å². The van der Waals surface area contributed by atoms with Crippen LogP contribution in [0.1, 0.15) is 37.0 Å². The van der Waals surface area contributed by atoms with Gasteiger partial charge in [0.25, 0.3) is 5.91 Å². The number of nitrogens with zero attached hydrogens (tertiary/aromatic N) is 1. The van der Waals surface area contributed by atoms with Crippen molar-refractivity contribution in [1.29, 1.82) is 0 Å². The van der Waals surface area contributed by atoms with E-state index in [1.807, 2.05) is 0 Å². The predicted octanol–water partition coefficient (Wildman–Crippen LogP) is 3.19. The summed E-state index contributed by atoms with van der Waals surface area (Å²) in [4.78, 5) is 14.5. The van der Waals surface area contributed by atoms with Crippen LogP contribution in [-0.4, -0.2) is 36.0 Å². The second-order valence-corrected chi connectivity index (χ2v) is 6.33. The van der Waals surface area contributed by atoms with Crippen molar-refractivity contribution in [3.63, 3.8) is 0 Å². The molecule has 20 heavy (non-hydrogen) atoms. The van der Waals surface area contributed by atoms with Gasteiger partial charge in [-0.25, -0.2) is 4.39 Å². The fourth-order valence-electron chi connectivity index (χ4n) is 2.50. The Labute approximate surface area is 127 Å². The highest BCUT2D eigenvalue weighted by atomic mass is 79.9. The van der Waals surface area contributed by atoms with E-state index in [1.165, 1.54) is 6.07 Å². The maximum absolute atomic E-state index is 13.9. The molecular weight excluding hydrogens is 323 g/mol. The maximum atomic E-state index is 13.9. The SMILES string of the molecule is CC(C)N1CCC(NC(=O)c2cccc(Br)c2F)CC1. The molecule has 0 bridgehead atoms. The number of hydrogen-bond donors (Lipinski definition) is 1. The Morgan fingerprint density at radius 1 is 1.40 bits per heavy atom. The van der Waals surface area contributed by atoms with E-state index in [9.17, 15) is 9.18 Å². The van der Waals surface area contributed by atoms with Crippen LogP contribution >= 0.6 is 15.9 Å². The van der Waals surface area contributed by atoms with E-state index in [0.29, 0.717) is 10.5 Å². The minimum atomic E-state index is -0.496. The topological polar surface area (TPSA) is 32.3 Å². The summed E-state index contributed by atoms with van der Waals surface area (Å²) in [6.07, 6.45) is 1.83. The highest BCUT2D eigenvalue weighted by molar-refractivity contribution is 9.10. The number of carbonyl (C=O) groups excluding carboxylic acids is 1. The Hall–Kier alpha value is -0.940. The molecule has 1 amide bonds. The molecular formula is C15H20BrFN2O. The number of benzene rings is 1. The van der Waals surface area contributed by atoms with Crippen molar-refractivity contribution in [2.24, 2.45) is 0 Å². The molecule has 0 unspecified atom stereocenters. The summed E-state index contributed by atoms with van der Waals surface area (Å²) in [6, 6.07) is 5.44. The third kappa shape index (κ3) is 3.58. The summed E-state index contributed by atoms with van der Waals surface area (Å²) >= 11 is 3.10. The molecule has 1 aliphatic rings. The Morgan fingerprint density at radius 3 is 2.65 bits per heavy atom. The fourth-order valence-corrected chi connectivity index (χ4v) is 2.87. The smallest absolute Gasteiger partial charge is 0.254 e. The average molecular weight is 343 g/mol. The summed E-state index contributed by atoms with van der Waals surface area (Å²) in [5.41, 5.74) is 0.102.